The third-order valence-electron chi connectivity index (χ3n) is 18.1. The van der Waals surface area contributed by atoms with Crippen LogP contribution in [0.25, 0.3) is 0 Å². The van der Waals surface area contributed by atoms with Crippen LogP contribution in [-0.4, -0.2) is 96.7 Å². The van der Waals surface area contributed by atoms with Gasteiger partial charge in [0.1, 0.15) is 19.3 Å². The van der Waals surface area contributed by atoms with Crippen molar-refractivity contribution in [3.05, 3.63) is 24.3 Å². The number of phosphoric ester groups is 2. The Balaban J connectivity index is 5.25. The molecule has 0 saturated heterocycles. The number of phosphoric acid groups is 2. The molecule has 0 rings (SSSR count). The number of aliphatic hydroxyl groups is 1. The Kier molecular flexibility index (Phi) is 69.4. The van der Waals surface area contributed by atoms with Crippen LogP contribution in [-0.2, 0) is 65.4 Å². The molecule has 17 nitrogen and oxygen atoms in total. The second kappa shape index (κ2) is 71.2. The standard InChI is InChI=1S/C80H152O17P2/c1-7-9-11-13-15-17-19-21-26-30-34-37-44-50-56-62-77(82)90-68-75(96-80(85)65-59-53-47-39-35-31-28-25-23-22-24-27-29-32-36-42-48-54-60-72(3)4)70-94-98(86,87)92-66-74(81)67-93-99(88,89)95-71-76(69-91-78(83)63-57-51-45-41-40-43-49-55-61-73(5)6)97-79(84)64-58-52-46-38-33-20-18-16-14-12-10-8-2/h17,19,21,26,72-76,81H,7-16,18,20,22-25,27-71H2,1-6H3,(H,86,87)(H,88,89)/b19-17-,26-21-/t74-,75-,76-/m1/s1. The Hall–Kier alpha value is -2.46. The largest absolute Gasteiger partial charge is 0.472 e. The van der Waals surface area contributed by atoms with E-state index in [-0.39, 0.29) is 25.7 Å². The number of hydrogen-bond acceptors (Lipinski definition) is 15. The maximum Gasteiger partial charge on any atom is 0.472 e. The van der Waals surface area contributed by atoms with Crippen molar-refractivity contribution in [3.63, 3.8) is 0 Å². The highest BCUT2D eigenvalue weighted by Gasteiger charge is 2.30. The lowest BCUT2D eigenvalue weighted by Gasteiger charge is -2.21. The van der Waals surface area contributed by atoms with E-state index < -0.39 is 97.5 Å². The first kappa shape index (κ1) is 96.5. The van der Waals surface area contributed by atoms with Gasteiger partial charge in [-0.15, -0.1) is 0 Å². The van der Waals surface area contributed by atoms with Gasteiger partial charge in [-0.2, -0.15) is 0 Å². The van der Waals surface area contributed by atoms with Gasteiger partial charge in [0.25, 0.3) is 0 Å². The van der Waals surface area contributed by atoms with Crippen LogP contribution in [0.2, 0.25) is 0 Å². The number of esters is 4. The summed E-state index contributed by atoms with van der Waals surface area (Å²) in [5.41, 5.74) is 0. The third kappa shape index (κ3) is 73.6. The molecular weight excluding hydrogens is 1290 g/mol. The predicted octanol–water partition coefficient (Wildman–Crippen LogP) is 23.4. The van der Waals surface area contributed by atoms with Gasteiger partial charge in [0.2, 0.25) is 0 Å². The molecule has 0 aliphatic rings. The summed E-state index contributed by atoms with van der Waals surface area (Å²) < 4.78 is 68.6. The Morgan fingerprint density at radius 1 is 0.313 bits per heavy atom. The zero-order valence-corrected chi connectivity index (χ0v) is 66.1. The SMILES string of the molecule is CCCCCC/C=C\C=C/CCCCCCCC(=O)OC[C@H](COP(=O)(O)OC[C@@H](O)COP(=O)(O)OC[C@@H](COC(=O)CCCCCCCCCCC(C)C)OC(=O)CCCCCCCCCCCCCC)OC(=O)CCCCCCCCCCCCCCCCCCCCC(C)C. The molecule has 0 aliphatic heterocycles. The van der Waals surface area contributed by atoms with Gasteiger partial charge in [-0.05, 0) is 63.2 Å². The molecule has 0 aliphatic carbocycles. The fraction of sp³-hybridized carbons (Fsp3) is 0.900. The fourth-order valence-electron chi connectivity index (χ4n) is 11.8. The average molecular weight is 1450 g/mol. The van der Waals surface area contributed by atoms with Gasteiger partial charge in [-0.25, -0.2) is 9.13 Å². The molecular formula is C80H152O17P2. The van der Waals surface area contributed by atoms with Gasteiger partial charge in [-0.1, -0.05) is 342 Å². The second-order valence-corrected chi connectivity index (χ2v) is 32.0. The van der Waals surface area contributed by atoms with Gasteiger partial charge < -0.3 is 33.8 Å². The van der Waals surface area contributed by atoms with E-state index in [0.29, 0.717) is 25.7 Å². The zero-order chi connectivity index (χ0) is 72.8. The summed E-state index contributed by atoms with van der Waals surface area (Å²) in [4.78, 5) is 72.9. The van der Waals surface area contributed by atoms with E-state index in [4.69, 9.17) is 37.0 Å². The normalized spacial score (nSPS) is 14.1. The molecule has 0 radical (unpaired) electrons. The zero-order valence-electron chi connectivity index (χ0n) is 64.3. The Labute approximate surface area is 605 Å². The minimum absolute atomic E-state index is 0.101. The molecule has 5 atom stereocenters. The van der Waals surface area contributed by atoms with Crippen molar-refractivity contribution in [3.8, 4) is 0 Å². The number of carbonyl (C=O) groups excluding carboxylic acids is 4. The van der Waals surface area contributed by atoms with Crippen molar-refractivity contribution in [1.29, 1.82) is 0 Å². The van der Waals surface area contributed by atoms with Gasteiger partial charge in [0, 0.05) is 25.7 Å². The summed E-state index contributed by atoms with van der Waals surface area (Å²) in [6.45, 7) is 9.55. The molecule has 0 saturated carbocycles. The molecule has 0 aromatic carbocycles. The minimum atomic E-state index is -4.97. The Morgan fingerprint density at radius 2 is 0.545 bits per heavy atom. The summed E-state index contributed by atoms with van der Waals surface area (Å²) in [7, 11) is -9.93. The summed E-state index contributed by atoms with van der Waals surface area (Å²) in [5.74, 6) is -0.597. The highest BCUT2D eigenvalue weighted by molar-refractivity contribution is 7.47. The number of rotatable bonds is 77. The van der Waals surface area contributed by atoms with E-state index in [1.54, 1.807) is 0 Å². The lowest BCUT2D eigenvalue weighted by Crippen LogP contribution is -2.30. The number of carbonyl (C=O) groups is 4. The van der Waals surface area contributed by atoms with Crippen LogP contribution < -0.4 is 0 Å². The van der Waals surface area contributed by atoms with Gasteiger partial charge >= 0.3 is 39.5 Å². The van der Waals surface area contributed by atoms with Crippen molar-refractivity contribution < 1.29 is 80.2 Å². The molecule has 2 unspecified atom stereocenters. The highest BCUT2D eigenvalue weighted by Crippen LogP contribution is 2.45. The molecule has 0 aromatic heterocycles. The number of allylic oxidation sites excluding steroid dienone is 4. The first-order chi connectivity index (χ1) is 47.9. The van der Waals surface area contributed by atoms with Crippen molar-refractivity contribution in [2.45, 2.75) is 413 Å². The monoisotopic (exact) mass is 1450 g/mol. The summed E-state index contributed by atoms with van der Waals surface area (Å²) in [6, 6.07) is 0. The highest BCUT2D eigenvalue weighted by atomic mass is 31.2. The minimum Gasteiger partial charge on any atom is -0.462 e. The van der Waals surface area contributed by atoms with Crippen LogP contribution >= 0.6 is 15.6 Å². The van der Waals surface area contributed by atoms with E-state index >= 15 is 0 Å². The van der Waals surface area contributed by atoms with Gasteiger partial charge in [-0.3, -0.25) is 37.3 Å². The van der Waals surface area contributed by atoms with Crippen molar-refractivity contribution in [2.75, 3.05) is 39.6 Å². The average Bonchev–Trinajstić information content (AvgIpc) is 0.981. The van der Waals surface area contributed by atoms with Gasteiger partial charge in [0.15, 0.2) is 12.2 Å². The molecule has 0 spiro atoms. The summed E-state index contributed by atoms with van der Waals surface area (Å²) in [6.07, 6.45) is 63.3. The molecule has 0 heterocycles. The lowest BCUT2D eigenvalue weighted by molar-refractivity contribution is -0.161. The smallest absolute Gasteiger partial charge is 0.462 e. The topological polar surface area (TPSA) is 237 Å². The van der Waals surface area contributed by atoms with Crippen molar-refractivity contribution in [1.82, 2.24) is 0 Å². The van der Waals surface area contributed by atoms with E-state index in [2.05, 4.69) is 65.8 Å². The first-order valence-corrected chi connectivity index (χ1v) is 43.8. The molecule has 0 fully saturated rings. The first-order valence-electron chi connectivity index (χ1n) is 40.8. The molecule has 0 amide bonds. The Morgan fingerprint density at radius 3 is 0.828 bits per heavy atom. The molecule has 584 valence electrons. The molecule has 19 heteroatoms. The van der Waals surface area contributed by atoms with Crippen LogP contribution in [0.1, 0.15) is 395 Å². The lowest BCUT2D eigenvalue weighted by atomic mass is 10.0. The molecule has 99 heavy (non-hydrogen) atoms. The number of aliphatic hydroxyl groups excluding tert-OH is 1. The predicted molar refractivity (Wildman–Crippen MR) is 404 cm³/mol. The van der Waals surface area contributed by atoms with Crippen molar-refractivity contribution >= 4 is 39.5 Å². The second-order valence-electron chi connectivity index (χ2n) is 29.1. The van der Waals surface area contributed by atoms with E-state index in [1.807, 2.05) is 0 Å². The van der Waals surface area contributed by atoms with E-state index in [0.717, 1.165) is 121 Å². The van der Waals surface area contributed by atoms with Crippen molar-refractivity contribution in [2.24, 2.45) is 11.8 Å². The van der Waals surface area contributed by atoms with E-state index in [9.17, 15) is 43.2 Å². The third-order valence-corrected chi connectivity index (χ3v) is 20.0. The number of hydrogen-bond donors (Lipinski definition) is 3. The summed E-state index contributed by atoms with van der Waals surface area (Å²) >= 11 is 0. The van der Waals surface area contributed by atoms with Crippen LogP contribution in [0.15, 0.2) is 24.3 Å². The molecule has 0 aromatic rings. The van der Waals surface area contributed by atoms with Crippen LogP contribution in [0.3, 0.4) is 0 Å². The maximum atomic E-state index is 13.1. The summed E-state index contributed by atoms with van der Waals surface area (Å²) in [5, 5.41) is 10.6. The number of ether oxygens (including phenoxy) is 4. The fourth-order valence-corrected chi connectivity index (χ4v) is 13.4. The molecule has 0 bridgehead atoms. The van der Waals surface area contributed by atoms with Crippen LogP contribution in [0.5, 0.6) is 0 Å². The molecule has 3 N–H and O–H groups in total. The van der Waals surface area contributed by atoms with E-state index in [1.165, 1.54) is 193 Å². The van der Waals surface area contributed by atoms with Gasteiger partial charge in [0.05, 0.1) is 26.4 Å². The quantitative estimate of drug-likeness (QED) is 0.0169. The maximum absolute atomic E-state index is 13.1. The van der Waals surface area contributed by atoms with Crippen LogP contribution in [0, 0.1) is 11.8 Å². The number of unbranched alkanes of at least 4 members (excludes halogenated alkanes) is 44. The Bertz CT molecular complexity index is 2000. The van der Waals surface area contributed by atoms with Crippen LogP contribution in [0.4, 0.5) is 0 Å².